The smallest absolute Gasteiger partial charge is 0.0398 e. The van der Waals surface area contributed by atoms with Crippen molar-refractivity contribution in [1.82, 2.24) is 0 Å². The predicted octanol–water partition coefficient (Wildman–Crippen LogP) is 4.82. The van der Waals surface area contributed by atoms with Crippen LogP contribution in [0.1, 0.15) is 21.7 Å². The Hall–Kier alpha value is -0.600. The third kappa shape index (κ3) is 3.18. The summed E-state index contributed by atoms with van der Waals surface area (Å²) in [5, 5.41) is 2.14. The van der Waals surface area contributed by atoms with Crippen molar-refractivity contribution >= 4 is 27.3 Å². The van der Waals surface area contributed by atoms with Gasteiger partial charge in [-0.3, -0.25) is 0 Å². The number of alkyl halides is 1. The first-order valence-corrected chi connectivity index (χ1v) is 6.87. The Morgan fingerprint density at radius 3 is 2.53 bits per heavy atom. The number of rotatable bonds is 4. The number of thiophene rings is 1. The minimum atomic E-state index is 0.473. The SMILES string of the molecule is BrC(CCc1cccs1)c1ccccc1. The van der Waals surface area contributed by atoms with Crippen molar-refractivity contribution in [2.45, 2.75) is 17.7 Å². The Labute approximate surface area is 103 Å². The van der Waals surface area contributed by atoms with Gasteiger partial charge in [0.05, 0.1) is 0 Å². The fourth-order valence-electron chi connectivity index (χ4n) is 1.55. The molecule has 0 saturated heterocycles. The van der Waals surface area contributed by atoms with Gasteiger partial charge in [-0.2, -0.15) is 0 Å². The second-order valence-corrected chi connectivity index (χ2v) is 5.63. The third-order valence-corrected chi connectivity index (χ3v) is 4.31. The zero-order valence-electron chi connectivity index (χ0n) is 8.40. The van der Waals surface area contributed by atoms with Crippen molar-refractivity contribution in [3.8, 4) is 0 Å². The van der Waals surface area contributed by atoms with Gasteiger partial charge in [0.15, 0.2) is 0 Å². The van der Waals surface area contributed by atoms with Crippen molar-refractivity contribution in [1.29, 1.82) is 0 Å². The Morgan fingerprint density at radius 1 is 1.07 bits per heavy atom. The fraction of sp³-hybridized carbons (Fsp3) is 0.231. The maximum atomic E-state index is 3.74. The molecule has 0 N–H and O–H groups in total. The van der Waals surface area contributed by atoms with Crippen LogP contribution in [-0.4, -0.2) is 0 Å². The van der Waals surface area contributed by atoms with Crippen molar-refractivity contribution in [3.05, 3.63) is 58.3 Å². The van der Waals surface area contributed by atoms with Crippen molar-refractivity contribution in [3.63, 3.8) is 0 Å². The molecule has 0 amide bonds. The number of hydrogen-bond donors (Lipinski definition) is 0. The van der Waals surface area contributed by atoms with E-state index in [1.807, 2.05) is 11.3 Å². The van der Waals surface area contributed by atoms with Crippen LogP contribution in [0.3, 0.4) is 0 Å². The molecular formula is C13H13BrS. The molecule has 2 rings (SSSR count). The van der Waals surface area contributed by atoms with Crippen molar-refractivity contribution in [2.24, 2.45) is 0 Å². The van der Waals surface area contributed by atoms with Crippen LogP contribution in [-0.2, 0) is 6.42 Å². The molecule has 1 unspecified atom stereocenters. The summed E-state index contributed by atoms with van der Waals surface area (Å²) < 4.78 is 0. The van der Waals surface area contributed by atoms with E-state index in [9.17, 15) is 0 Å². The molecule has 78 valence electrons. The molecule has 0 fully saturated rings. The average molecular weight is 281 g/mol. The Kier molecular flexibility index (Phi) is 3.98. The summed E-state index contributed by atoms with van der Waals surface area (Å²) in [5.41, 5.74) is 1.37. The molecule has 1 aromatic heterocycles. The van der Waals surface area contributed by atoms with Gasteiger partial charge >= 0.3 is 0 Å². The monoisotopic (exact) mass is 280 g/mol. The highest BCUT2D eigenvalue weighted by Gasteiger charge is 2.06. The highest BCUT2D eigenvalue weighted by Crippen LogP contribution is 2.28. The number of halogens is 1. The van der Waals surface area contributed by atoms with Crippen LogP contribution >= 0.6 is 27.3 Å². The highest BCUT2D eigenvalue weighted by molar-refractivity contribution is 9.09. The molecule has 0 spiro atoms. The Balaban J connectivity index is 1.90. The molecule has 2 heteroatoms. The zero-order valence-corrected chi connectivity index (χ0v) is 10.8. The fourth-order valence-corrected chi connectivity index (χ4v) is 2.81. The van der Waals surface area contributed by atoms with E-state index >= 15 is 0 Å². The summed E-state index contributed by atoms with van der Waals surface area (Å²) in [7, 11) is 0. The number of hydrogen-bond acceptors (Lipinski definition) is 1. The zero-order chi connectivity index (χ0) is 10.5. The first-order chi connectivity index (χ1) is 7.36. The lowest BCUT2D eigenvalue weighted by Gasteiger charge is -2.08. The molecule has 1 aromatic carbocycles. The maximum absolute atomic E-state index is 3.74. The third-order valence-electron chi connectivity index (χ3n) is 2.39. The standard InChI is InChI=1S/C13H13BrS/c14-13(11-5-2-1-3-6-11)9-8-12-7-4-10-15-12/h1-7,10,13H,8-9H2. The Bertz CT molecular complexity index is 380. The van der Waals surface area contributed by atoms with E-state index in [-0.39, 0.29) is 0 Å². The van der Waals surface area contributed by atoms with E-state index in [4.69, 9.17) is 0 Å². The summed E-state index contributed by atoms with van der Waals surface area (Å²) in [4.78, 5) is 1.94. The molecule has 1 heterocycles. The maximum Gasteiger partial charge on any atom is 0.0398 e. The van der Waals surface area contributed by atoms with Crippen molar-refractivity contribution in [2.75, 3.05) is 0 Å². The topological polar surface area (TPSA) is 0 Å². The van der Waals surface area contributed by atoms with Gasteiger partial charge in [0, 0.05) is 9.70 Å². The lowest BCUT2D eigenvalue weighted by molar-refractivity contribution is 0.823. The molecular weight excluding hydrogens is 268 g/mol. The normalized spacial score (nSPS) is 12.6. The van der Waals surface area contributed by atoms with E-state index in [1.165, 1.54) is 10.4 Å². The minimum Gasteiger partial charge on any atom is -0.149 e. The average Bonchev–Trinajstić information content (AvgIpc) is 2.80. The van der Waals surface area contributed by atoms with Gasteiger partial charge in [0.2, 0.25) is 0 Å². The van der Waals surface area contributed by atoms with Gasteiger partial charge < -0.3 is 0 Å². The first kappa shape index (κ1) is 10.9. The molecule has 1 atom stereocenters. The van der Waals surface area contributed by atoms with E-state index < -0.39 is 0 Å². The molecule has 0 nitrogen and oxygen atoms in total. The van der Waals surface area contributed by atoms with Crippen LogP contribution in [0, 0.1) is 0 Å². The largest absolute Gasteiger partial charge is 0.149 e. The molecule has 0 saturated carbocycles. The first-order valence-electron chi connectivity index (χ1n) is 5.07. The van der Waals surface area contributed by atoms with Crippen LogP contribution < -0.4 is 0 Å². The van der Waals surface area contributed by atoms with Gasteiger partial charge in [-0.05, 0) is 29.9 Å². The summed E-state index contributed by atoms with van der Waals surface area (Å²) >= 11 is 5.58. The number of aryl methyl sites for hydroxylation is 1. The molecule has 0 aliphatic heterocycles. The van der Waals surface area contributed by atoms with Gasteiger partial charge in [-0.1, -0.05) is 52.3 Å². The van der Waals surface area contributed by atoms with Gasteiger partial charge in [0.25, 0.3) is 0 Å². The van der Waals surface area contributed by atoms with Crippen molar-refractivity contribution < 1.29 is 0 Å². The van der Waals surface area contributed by atoms with Crippen LogP contribution in [0.15, 0.2) is 47.8 Å². The quantitative estimate of drug-likeness (QED) is 0.705. The molecule has 15 heavy (non-hydrogen) atoms. The van der Waals surface area contributed by atoms with E-state index in [2.05, 4.69) is 63.8 Å². The number of benzene rings is 1. The summed E-state index contributed by atoms with van der Waals surface area (Å²) in [6.45, 7) is 0. The van der Waals surface area contributed by atoms with Crippen LogP contribution in [0.5, 0.6) is 0 Å². The summed E-state index contributed by atoms with van der Waals surface area (Å²) in [6.07, 6.45) is 2.31. The minimum absolute atomic E-state index is 0.473. The molecule has 0 bridgehead atoms. The molecule has 0 aliphatic rings. The van der Waals surface area contributed by atoms with E-state index in [0.717, 1.165) is 12.8 Å². The highest BCUT2D eigenvalue weighted by atomic mass is 79.9. The van der Waals surface area contributed by atoms with E-state index in [0.29, 0.717) is 4.83 Å². The van der Waals surface area contributed by atoms with Crippen LogP contribution in [0.25, 0.3) is 0 Å². The van der Waals surface area contributed by atoms with Crippen LogP contribution in [0.2, 0.25) is 0 Å². The lowest BCUT2D eigenvalue weighted by Crippen LogP contribution is -1.91. The molecule has 0 aliphatic carbocycles. The van der Waals surface area contributed by atoms with Crippen LogP contribution in [0.4, 0.5) is 0 Å². The van der Waals surface area contributed by atoms with E-state index in [1.54, 1.807) is 0 Å². The second-order valence-electron chi connectivity index (χ2n) is 3.50. The summed E-state index contributed by atoms with van der Waals surface area (Å²) in [6, 6.07) is 14.9. The molecule has 0 radical (unpaired) electrons. The Morgan fingerprint density at radius 2 is 1.87 bits per heavy atom. The summed E-state index contributed by atoms with van der Waals surface area (Å²) in [5.74, 6) is 0. The lowest BCUT2D eigenvalue weighted by atomic mass is 10.1. The van der Waals surface area contributed by atoms with Gasteiger partial charge in [0.1, 0.15) is 0 Å². The molecule has 2 aromatic rings. The second kappa shape index (κ2) is 5.47. The van der Waals surface area contributed by atoms with Gasteiger partial charge in [-0.15, -0.1) is 11.3 Å². The predicted molar refractivity (Wildman–Crippen MR) is 70.8 cm³/mol. The van der Waals surface area contributed by atoms with Gasteiger partial charge in [-0.25, -0.2) is 0 Å².